The zero-order valence-electron chi connectivity index (χ0n) is 41.2. The molecular formula is C55H114V. The Balaban J connectivity index is -0.00000271. The molecule has 0 amide bonds. The fourth-order valence-corrected chi connectivity index (χ4v) is 9.25. The second-order valence-corrected chi connectivity index (χ2v) is 18.8. The number of allylic oxidation sites excluding steroid dienone is 1. The third-order valence-electron chi connectivity index (χ3n) is 12.5. The standard InChI is InChI=1S/C51H100.2C2H6.V.H2/c1-7-12-16-20-24-33-42-50(41-30-18-14-9-3)43-34-27-23-22-26-32-39-49(37-11-5)40-36-28-29-38-48(6)46-47-51(44-31-19-15-10-4)45-35-25-21-17-13-8-2;2*1-2;;/h49-51H,6-26,28-47H2,1-5H3;2*1-2H3;;1H. The Morgan fingerprint density at radius 2 is 0.607 bits per heavy atom. The van der Waals surface area contributed by atoms with E-state index in [1.54, 1.807) is 9.80 Å². The normalized spacial score (nSPS) is 12.6. The molecule has 0 saturated carbocycles. The first-order valence-corrected chi connectivity index (χ1v) is 27.4. The summed E-state index contributed by atoms with van der Waals surface area (Å²) in [7, 11) is 0. The molecule has 0 aliphatic rings. The third-order valence-corrected chi connectivity index (χ3v) is 13.2. The van der Waals surface area contributed by atoms with Gasteiger partial charge in [0.2, 0.25) is 0 Å². The summed E-state index contributed by atoms with van der Waals surface area (Å²) in [5.41, 5.74) is 1.55. The van der Waals surface area contributed by atoms with E-state index in [0.717, 1.165) is 17.8 Å². The van der Waals surface area contributed by atoms with Crippen molar-refractivity contribution >= 4 is 4.23 Å². The van der Waals surface area contributed by atoms with Crippen LogP contribution in [-0.4, -0.2) is 4.23 Å². The molecule has 0 aromatic rings. The Morgan fingerprint density at radius 1 is 0.321 bits per heavy atom. The quantitative estimate of drug-likeness (QED) is 0.0424. The van der Waals surface area contributed by atoms with E-state index in [4.69, 9.17) is 0 Å². The number of hydrogen-bond donors (Lipinski definition) is 0. The summed E-state index contributed by atoms with van der Waals surface area (Å²) in [6.07, 6.45) is 57.1. The summed E-state index contributed by atoms with van der Waals surface area (Å²) in [4.78, 5) is 0. The molecule has 1 heteroatoms. The summed E-state index contributed by atoms with van der Waals surface area (Å²) in [6, 6.07) is 0. The van der Waals surface area contributed by atoms with Crippen LogP contribution in [0.25, 0.3) is 0 Å². The van der Waals surface area contributed by atoms with E-state index >= 15 is 0 Å². The van der Waals surface area contributed by atoms with Gasteiger partial charge in [-0.05, 0) is 18.8 Å². The summed E-state index contributed by atoms with van der Waals surface area (Å²) in [6.45, 7) is 24.3. The Hall–Kier alpha value is 0.194. The van der Waals surface area contributed by atoms with Gasteiger partial charge in [0, 0.05) is 1.43 Å². The van der Waals surface area contributed by atoms with Crippen LogP contribution in [0.4, 0.5) is 0 Å². The smallest absolute Gasteiger partial charge is 0.0683 e. The molecule has 0 saturated heterocycles. The second-order valence-electron chi connectivity index (χ2n) is 17.8. The molecule has 339 valence electrons. The van der Waals surface area contributed by atoms with Crippen LogP contribution in [0.1, 0.15) is 321 Å². The summed E-state index contributed by atoms with van der Waals surface area (Å²) < 4.78 is 1.74. The number of hydrogen-bond acceptors (Lipinski definition) is 0. The molecule has 3 unspecified atom stereocenters. The van der Waals surface area contributed by atoms with Crippen molar-refractivity contribution in [1.29, 1.82) is 0 Å². The van der Waals surface area contributed by atoms with E-state index in [9.17, 15) is 0 Å². The molecule has 0 N–H and O–H groups in total. The third kappa shape index (κ3) is 46.9. The van der Waals surface area contributed by atoms with Crippen molar-refractivity contribution in [2.24, 2.45) is 17.8 Å². The summed E-state index contributed by atoms with van der Waals surface area (Å²) in [5, 5.41) is 0. The SMILES string of the molecule is C=C(CCCCCC(CCC)CCCCC[C](=[V])CCC(CCCCCC)CCCCCCCC)CCC(CCCCCC)CCCCCCCC.CC.CC.[HH]. The molecule has 0 radical (unpaired) electrons. The fourth-order valence-electron chi connectivity index (χ4n) is 8.81. The average molecular weight is 826 g/mol. The first-order chi connectivity index (χ1) is 27.5. The van der Waals surface area contributed by atoms with Gasteiger partial charge in [-0.1, -0.05) is 131 Å². The van der Waals surface area contributed by atoms with Crippen LogP contribution < -0.4 is 0 Å². The van der Waals surface area contributed by atoms with Gasteiger partial charge >= 0.3 is 221 Å². The van der Waals surface area contributed by atoms with Gasteiger partial charge in [0.1, 0.15) is 0 Å². The topological polar surface area (TPSA) is 0 Å². The Bertz CT molecular complexity index is 672. The van der Waals surface area contributed by atoms with Gasteiger partial charge in [-0.25, -0.2) is 0 Å². The molecule has 56 heavy (non-hydrogen) atoms. The molecule has 3 atom stereocenters. The molecular weight excluding hydrogens is 712 g/mol. The first-order valence-electron chi connectivity index (χ1n) is 26.7. The fraction of sp³-hybridized carbons (Fsp3) is 0.945. The summed E-state index contributed by atoms with van der Waals surface area (Å²) in [5.74, 6) is 2.90. The van der Waals surface area contributed by atoms with Gasteiger partial charge in [-0.15, -0.1) is 0 Å². The predicted octanol–water partition coefficient (Wildman–Crippen LogP) is 21.1. The molecule has 0 aromatic carbocycles. The van der Waals surface area contributed by atoms with Gasteiger partial charge in [0.05, 0.1) is 0 Å². The average Bonchev–Trinajstić information content (AvgIpc) is 3.22. The van der Waals surface area contributed by atoms with Crippen LogP contribution in [0.3, 0.4) is 0 Å². The van der Waals surface area contributed by atoms with E-state index in [-0.39, 0.29) is 1.43 Å². The van der Waals surface area contributed by atoms with Crippen molar-refractivity contribution in [2.45, 2.75) is 319 Å². The van der Waals surface area contributed by atoms with Crippen LogP contribution in [0.15, 0.2) is 12.2 Å². The monoisotopic (exact) mass is 826 g/mol. The predicted molar refractivity (Wildman–Crippen MR) is 262 cm³/mol. The van der Waals surface area contributed by atoms with E-state index in [1.165, 1.54) is 257 Å². The maximum atomic E-state index is 4.56. The Labute approximate surface area is 369 Å². The van der Waals surface area contributed by atoms with Gasteiger partial charge in [0.25, 0.3) is 0 Å². The van der Waals surface area contributed by atoms with Crippen LogP contribution in [-0.2, 0) is 17.0 Å². The molecule has 0 rings (SSSR count). The van der Waals surface area contributed by atoms with Crippen molar-refractivity contribution in [3.63, 3.8) is 0 Å². The number of rotatable bonds is 44. The van der Waals surface area contributed by atoms with Crippen LogP contribution in [0.5, 0.6) is 0 Å². The van der Waals surface area contributed by atoms with E-state index < -0.39 is 0 Å². The molecule has 0 spiro atoms. The van der Waals surface area contributed by atoms with Gasteiger partial charge in [0.15, 0.2) is 0 Å². The van der Waals surface area contributed by atoms with E-state index in [1.807, 2.05) is 27.7 Å². The molecule has 0 aromatic heterocycles. The molecule has 0 bridgehead atoms. The minimum atomic E-state index is 0. The van der Waals surface area contributed by atoms with Gasteiger partial charge in [-0.2, -0.15) is 0 Å². The van der Waals surface area contributed by atoms with Crippen molar-refractivity contribution in [3.05, 3.63) is 12.2 Å². The minimum absolute atomic E-state index is 0. The van der Waals surface area contributed by atoms with Crippen molar-refractivity contribution in [1.82, 2.24) is 0 Å². The number of unbranched alkanes of at least 4 members (excludes halogenated alkanes) is 20. The van der Waals surface area contributed by atoms with Crippen LogP contribution in [0, 0.1) is 17.8 Å². The molecule has 0 aliphatic carbocycles. The van der Waals surface area contributed by atoms with Gasteiger partial charge in [-0.3, -0.25) is 0 Å². The molecule has 0 heterocycles. The molecule has 0 aliphatic heterocycles. The van der Waals surface area contributed by atoms with Gasteiger partial charge < -0.3 is 0 Å². The van der Waals surface area contributed by atoms with Crippen molar-refractivity contribution < 1.29 is 18.4 Å². The molecule has 0 fully saturated rings. The van der Waals surface area contributed by atoms with Crippen LogP contribution in [0.2, 0.25) is 0 Å². The zero-order valence-corrected chi connectivity index (χ0v) is 42.6. The minimum Gasteiger partial charge on any atom is -0.0683 e. The van der Waals surface area contributed by atoms with Crippen molar-refractivity contribution in [2.75, 3.05) is 0 Å². The zero-order chi connectivity index (χ0) is 42.2. The Morgan fingerprint density at radius 3 is 0.982 bits per heavy atom. The van der Waals surface area contributed by atoms with E-state index in [2.05, 4.69) is 58.2 Å². The Kier molecular flexibility index (Phi) is 57.5. The molecule has 0 nitrogen and oxygen atoms in total. The maximum absolute atomic E-state index is 4.56. The van der Waals surface area contributed by atoms with Crippen molar-refractivity contribution in [3.8, 4) is 0 Å². The first kappa shape index (κ1) is 60.5. The van der Waals surface area contributed by atoms with E-state index in [0.29, 0.717) is 0 Å². The summed E-state index contributed by atoms with van der Waals surface area (Å²) >= 11 is 3.00. The second kappa shape index (κ2) is 53.2. The van der Waals surface area contributed by atoms with Crippen LogP contribution >= 0.6 is 0 Å².